The van der Waals surface area contributed by atoms with Crippen LogP contribution in [0.2, 0.25) is 0 Å². The summed E-state index contributed by atoms with van der Waals surface area (Å²) < 4.78 is 5.51. The zero-order valence-corrected chi connectivity index (χ0v) is 22.4. The van der Waals surface area contributed by atoms with E-state index in [2.05, 4.69) is 31.1 Å². The third-order valence-corrected chi connectivity index (χ3v) is 8.15. The lowest BCUT2D eigenvalue weighted by atomic mass is 9.59. The Morgan fingerprint density at radius 2 is 1.97 bits per heavy atom. The first-order valence-electron chi connectivity index (χ1n) is 13.1. The lowest BCUT2D eigenvalue weighted by Crippen LogP contribution is -2.52. The molecule has 7 heteroatoms. The number of aromatic nitrogens is 1. The van der Waals surface area contributed by atoms with E-state index in [1.165, 1.54) is 4.90 Å². The molecule has 3 aromatic rings. The van der Waals surface area contributed by atoms with E-state index in [1.807, 2.05) is 37.3 Å². The van der Waals surface area contributed by atoms with Crippen LogP contribution in [0.3, 0.4) is 0 Å². The molecule has 0 bridgehead atoms. The van der Waals surface area contributed by atoms with Gasteiger partial charge in [-0.1, -0.05) is 19.1 Å². The number of carbonyl (C=O) groups excluding carboxylic acids is 2. The van der Waals surface area contributed by atoms with E-state index < -0.39 is 5.41 Å². The van der Waals surface area contributed by atoms with E-state index in [9.17, 15) is 14.7 Å². The van der Waals surface area contributed by atoms with Crippen LogP contribution in [-0.2, 0) is 16.0 Å². The molecule has 0 radical (unpaired) electrons. The molecule has 3 atom stereocenters. The van der Waals surface area contributed by atoms with Gasteiger partial charge in [-0.2, -0.15) is 0 Å². The highest BCUT2D eigenvalue weighted by Gasteiger charge is 2.54. The zero-order chi connectivity index (χ0) is 26.5. The minimum Gasteiger partial charge on any atom is -0.508 e. The number of aromatic hydroxyl groups is 1. The van der Waals surface area contributed by atoms with Crippen LogP contribution in [0.5, 0.6) is 11.5 Å². The van der Waals surface area contributed by atoms with Crippen LogP contribution in [0.15, 0.2) is 42.5 Å². The summed E-state index contributed by atoms with van der Waals surface area (Å²) in [4.78, 5) is 32.7. The predicted molar refractivity (Wildman–Crippen MR) is 144 cm³/mol. The number of nitrogens with zero attached hydrogens (tertiary/aromatic N) is 1. The van der Waals surface area contributed by atoms with Gasteiger partial charge in [0.05, 0.1) is 12.5 Å². The van der Waals surface area contributed by atoms with Gasteiger partial charge in [0.1, 0.15) is 11.5 Å². The molecule has 1 unspecified atom stereocenters. The van der Waals surface area contributed by atoms with Crippen molar-refractivity contribution in [2.45, 2.75) is 58.4 Å². The topological polar surface area (TPSA) is 94.7 Å². The number of phenols is 1. The quantitative estimate of drug-likeness (QED) is 0.438. The fraction of sp³-hybridized carbons (Fsp3) is 0.467. The molecular formula is C30H37N3O4. The number of carbonyl (C=O) groups is 2. The third-order valence-electron chi connectivity index (χ3n) is 8.15. The maximum Gasteiger partial charge on any atom is 0.235 e. The summed E-state index contributed by atoms with van der Waals surface area (Å²) in [6.07, 6.45) is 1.45. The highest BCUT2D eigenvalue weighted by atomic mass is 16.5. The number of H-pyrrole nitrogens is 1. The minimum absolute atomic E-state index is 0.103. The van der Waals surface area contributed by atoms with E-state index in [4.69, 9.17) is 4.74 Å². The summed E-state index contributed by atoms with van der Waals surface area (Å²) in [6, 6.07) is 13.3. The number of amides is 2. The van der Waals surface area contributed by atoms with E-state index in [0.717, 1.165) is 33.5 Å². The van der Waals surface area contributed by atoms with Gasteiger partial charge >= 0.3 is 0 Å². The number of phenolic OH excluding ortho intramolecular Hbond substituents is 1. The second-order valence-corrected chi connectivity index (χ2v) is 11.8. The number of aromatic amines is 1. The van der Waals surface area contributed by atoms with Crippen LogP contribution in [0.25, 0.3) is 10.9 Å². The molecule has 2 heterocycles. The second kappa shape index (κ2) is 9.21. The molecule has 37 heavy (non-hydrogen) atoms. The number of fused-ring (bicyclic) bond motifs is 4. The molecule has 196 valence electrons. The number of hydrogen-bond acceptors (Lipinski definition) is 5. The van der Waals surface area contributed by atoms with E-state index >= 15 is 0 Å². The number of imide groups is 1. The Balaban J connectivity index is 1.64. The summed E-state index contributed by atoms with van der Waals surface area (Å²) >= 11 is 0. The Kier molecular flexibility index (Phi) is 6.31. The fourth-order valence-electron chi connectivity index (χ4n) is 6.34. The molecule has 2 aliphatic rings. The molecular weight excluding hydrogens is 466 g/mol. The molecule has 2 amide bonds. The van der Waals surface area contributed by atoms with Crippen molar-refractivity contribution in [1.82, 2.24) is 15.2 Å². The molecule has 1 aromatic heterocycles. The normalized spacial score (nSPS) is 24.1. The lowest BCUT2D eigenvalue weighted by molar-refractivity contribution is -0.151. The fourth-order valence-corrected chi connectivity index (χ4v) is 6.34. The highest BCUT2D eigenvalue weighted by molar-refractivity contribution is 6.00. The first-order chi connectivity index (χ1) is 17.5. The lowest BCUT2D eigenvalue weighted by Gasteiger charge is -2.45. The molecule has 1 aliphatic heterocycles. The Hall–Kier alpha value is -3.32. The van der Waals surface area contributed by atoms with Gasteiger partial charge in [-0.05, 0) is 81.0 Å². The zero-order valence-electron chi connectivity index (χ0n) is 22.4. The summed E-state index contributed by atoms with van der Waals surface area (Å²) in [5.74, 6) is 0.463. The second-order valence-electron chi connectivity index (χ2n) is 11.8. The number of likely N-dealkylation sites (tertiary alicyclic amines) is 1. The van der Waals surface area contributed by atoms with E-state index in [1.54, 1.807) is 19.2 Å². The Labute approximate surface area is 218 Å². The number of nitrogens with one attached hydrogen (secondary N) is 2. The van der Waals surface area contributed by atoms with Crippen molar-refractivity contribution in [3.05, 3.63) is 59.3 Å². The van der Waals surface area contributed by atoms with Crippen molar-refractivity contribution in [1.29, 1.82) is 0 Å². The number of rotatable bonds is 5. The maximum atomic E-state index is 14.3. The minimum atomic E-state index is -0.783. The van der Waals surface area contributed by atoms with Crippen LogP contribution >= 0.6 is 0 Å². The molecule has 1 saturated heterocycles. The SMILES string of the molecule is COc1ccc2[nH]c3c(c2c1)C[C@@]1(C)C(=O)N(CCNC(C)(C)C)C(=O)CCC1[C@@H]3c1cccc(O)c1. The van der Waals surface area contributed by atoms with Crippen molar-refractivity contribution < 1.29 is 19.4 Å². The first-order valence-corrected chi connectivity index (χ1v) is 13.1. The van der Waals surface area contributed by atoms with Gasteiger partial charge in [-0.3, -0.25) is 14.5 Å². The van der Waals surface area contributed by atoms with Gasteiger partial charge in [-0.15, -0.1) is 0 Å². The molecule has 7 nitrogen and oxygen atoms in total. The average Bonchev–Trinajstić information content (AvgIpc) is 3.16. The van der Waals surface area contributed by atoms with Crippen LogP contribution in [-0.4, -0.2) is 52.5 Å². The van der Waals surface area contributed by atoms with Gasteiger partial charge in [0.2, 0.25) is 11.8 Å². The van der Waals surface area contributed by atoms with Gasteiger partial charge in [0.25, 0.3) is 0 Å². The van der Waals surface area contributed by atoms with Crippen molar-refractivity contribution in [2.24, 2.45) is 11.3 Å². The predicted octanol–water partition coefficient (Wildman–Crippen LogP) is 4.73. The Morgan fingerprint density at radius 3 is 2.68 bits per heavy atom. The number of ether oxygens (including phenoxy) is 1. The summed E-state index contributed by atoms with van der Waals surface area (Å²) in [5, 5.41) is 14.8. The maximum absolute atomic E-state index is 14.3. The van der Waals surface area contributed by atoms with Crippen LogP contribution in [0.4, 0.5) is 0 Å². The first kappa shape index (κ1) is 25.3. The van der Waals surface area contributed by atoms with Gasteiger partial charge in [-0.25, -0.2) is 0 Å². The van der Waals surface area contributed by atoms with Crippen molar-refractivity contribution in [3.63, 3.8) is 0 Å². The van der Waals surface area contributed by atoms with E-state index in [0.29, 0.717) is 32.4 Å². The monoisotopic (exact) mass is 503 g/mol. The molecule has 3 N–H and O–H groups in total. The standard InChI is InChI=1S/C30H37N3O4/c1-29(2,3)31-13-14-33-25(35)12-10-23-26(18-7-6-8-19(34)15-18)27-22(17-30(23,4)28(33)36)21-16-20(37-5)9-11-24(21)32-27/h6-9,11,15-16,23,26,31-32,34H,10,12-14,17H2,1-5H3/t23?,26-,30+/m0/s1. The van der Waals surface area contributed by atoms with Gasteiger partial charge in [0.15, 0.2) is 0 Å². The van der Waals surface area contributed by atoms with Crippen LogP contribution in [0.1, 0.15) is 63.3 Å². The van der Waals surface area contributed by atoms with Crippen molar-refractivity contribution >= 4 is 22.7 Å². The van der Waals surface area contributed by atoms with Gasteiger partial charge in [0, 0.05) is 47.6 Å². The van der Waals surface area contributed by atoms with Crippen molar-refractivity contribution in [2.75, 3.05) is 20.2 Å². The highest BCUT2D eigenvalue weighted by Crippen LogP contribution is 2.55. The Bertz CT molecular complexity index is 1350. The molecule has 1 fully saturated rings. The third kappa shape index (κ3) is 4.50. The molecule has 1 aliphatic carbocycles. The van der Waals surface area contributed by atoms with Crippen LogP contribution < -0.4 is 10.1 Å². The molecule has 5 rings (SSSR count). The largest absolute Gasteiger partial charge is 0.508 e. The number of hydrogen-bond donors (Lipinski definition) is 3. The summed E-state index contributed by atoms with van der Waals surface area (Å²) in [5.41, 5.74) is 3.18. The number of methoxy groups -OCH3 is 1. The van der Waals surface area contributed by atoms with Crippen LogP contribution in [0, 0.1) is 11.3 Å². The smallest absolute Gasteiger partial charge is 0.235 e. The summed E-state index contributed by atoms with van der Waals surface area (Å²) in [6.45, 7) is 9.15. The molecule has 0 saturated carbocycles. The van der Waals surface area contributed by atoms with Crippen molar-refractivity contribution in [3.8, 4) is 11.5 Å². The average molecular weight is 504 g/mol. The Morgan fingerprint density at radius 1 is 1.19 bits per heavy atom. The number of benzene rings is 2. The van der Waals surface area contributed by atoms with E-state index in [-0.39, 0.29) is 34.9 Å². The summed E-state index contributed by atoms with van der Waals surface area (Å²) in [7, 11) is 1.65. The van der Waals surface area contributed by atoms with Gasteiger partial charge < -0.3 is 20.1 Å². The molecule has 0 spiro atoms. The molecule has 2 aromatic carbocycles.